The largest absolute Gasteiger partial charge is 0.390 e. The predicted molar refractivity (Wildman–Crippen MR) is 69.2 cm³/mol. The number of halogens is 1. The second kappa shape index (κ2) is 5.57. The maximum atomic E-state index is 11.7. The number of hydrogen-bond acceptors (Lipinski definition) is 6. The van der Waals surface area contributed by atoms with E-state index < -0.39 is 24.1 Å². The quantitative estimate of drug-likeness (QED) is 0.473. The summed E-state index contributed by atoms with van der Waals surface area (Å²) in [6, 6.07) is 0. The van der Waals surface area contributed by atoms with E-state index >= 15 is 0 Å². The zero-order valence-electron chi connectivity index (χ0n) is 9.68. The third-order valence-electron chi connectivity index (χ3n) is 2.77. The molecule has 0 spiro atoms. The van der Waals surface area contributed by atoms with Gasteiger partial charge in [-0.25, -0.2) is 4.79 Å². The van der Waals surface area contributed by atoms with E-state index in [1.165, 1.54) is 10.8 Å². The van der Waals surface area contributed by atoms with Crippen LogP contribution in [-0.2, 0) is 4.74 Å². The molecule has 10 heteroatoms. The van der Waals surface area contributed by atoms with Crippen LogP contribution in [0, 0.1) is 0 Å². The Balaban J connectivity index is 2.23. The van der Waals surface area contributed by atoms with Gasteiger partial charge in [-0.2, -0.15) is 4.98 Å². The third-order valence-corrected chi connectivity index (χ3v) is 3.38. The minimum absolute atomic E-state index is 0.00644. The van der Waals surface area contributed by atoms with Crippen molar-refractivity contribution in [1.82, 2.24) is 9.55 Å². The first-order valence-corrected chi connectivity index (χ1v) is 6.20. The fourth-order valence-corrected chi connectivity index (χ4v) is 2.14. The average Bonchev–Trinajstić information content (AvgIpc) is 2.72. The number of azide groups is 1. The van der Waals surface area contributed by atoms with Crippen molar-refractivity contribution in [1.29, 1.82) is 0 Å². The molecule has 1 aliphatic rings. The molecule has 19 heavy (non-hydrogen) atoms. The Morgan fingerprint density at radius 3 is 3.21 bits per heavy atom. The van der Waals surface area contributed by atoms with Crippen LogP contribution in [0.2, 0.25) is 0 Å². The molecule has 2 heterocycles. The summed E-state index contributed by atoms with van der Waals surface area (Å²) in [6.07, 6.45) is -0.435. The highest BCUT2D eigenvalue weighted by molar-refractivity contribution is 9.10. The zero-order chi connectivity index (χ0) is 14.0. The normalized spacial score (nSPS) is 26.1. The van der Waals surface area contributed by atoms with Crippen molar-refractivity contribution in [2.24, 2.45) is 5.11 Å². The van der Waals surface area contributed by atoms with E-state index in [0.29, 0.717) is 4.47 Å². The first-order chi connectivity index (χ1) is 9.02. The number of aliphatic hydroxyl groups is 1. The summed E-state index contributed by atoms with van der Waals surface area (Å²) in [6.45, 7) is 0.00644. The molecular formula is C9H11BrN6O3. The molecule has 0 saturated carbocycles. The Bertz CT molecular complexity index is 584. The van der Waals surface area contributed by atoms with Crippen molar-refractivity contribution < 1.29 is 9.84 Å². The van der Waals surface area contributed by atoms with Gasteiger partial charge >= 0.3 is 5.69 Å². The van der Waals surface area contributed by atoms with Gasteiger partial charge in [-0.05, 0) is 21.5 Å². The molecule has 9 nitrogen and oxygen atoms in total. The minimum atomic E-state index is -0.807. The van der Waals surface area contributed by atoms with Crippen molar-refractivity contribution >= 4 is 21.7 Å². The summed E-state index contributed by atoms with van der Waals surface area (Å²) >= 11 is 3.17. The van der Waals surface area contributed by atoms with Gasteiger partial charge in [0.25, 0.3) is 0 Å². The molecule has 0 bridgehead atoms. The van der Waals surface area contributed by atoms with Gasteiger partial charge < -0.3 is 15.6 Å². The molecule has 0 amide bonds. The number of aliphatic hydroxyl groups excluding tert-OH is 1. The van der Waals surface area contributed by atoms with Crippen LogP contribution in [0.25, 0.3) is 10.4 Å². The van der Waals surface area contributed by atoms with Crippen LogP contribution in [0.1, 0.15) is 12.6 Å². The monoisotopic (exact) mass is 330 g/mol. The molecule has 0 aromatic carbocycles. The van der Waals surface area contributed by atoms with Gasteiger partial charge in [-0.3, -0.25) is 4.57 Å². The Hall–Kier alpha value is -1.61. The molecule has 3 atom stereocenters. The number of nitrogens with zero attached hydrogens (tertiary/aromatic N) is 5. The van der Waals surface area contributed by atoms with E-state index in [1.807, 2.05) is 0 Å². The van der Waals surface area contributed by atoms with Gasteiger partial charge in [0.2, 0.25) is 0 Å². The van der Waals surface area contributed by atoms with Crippen molar-refractivity contribution in [3.05, 3.63) is 31.6 Å². The minimum Gasteiger partial charge on any atom is -0.390 e. The number of rotatable bonds is 3. The van der Waals surface area contributed by atoms with E-state index in [-0.39, 0.29) is 18.8 Å². The van der Waals surface area contributed by atoms with Crippen molar-refractivity contribution in [2.45, 2.75) is 24.9 Å². The summed E-state index contributed by atoms with van der Waals surface area (Å²) in [5, 5.41) is 13.1. The molecule has 1 aromatic rings. The topological polar surface area (TPSA) is 139 Å². The van der Waals surface area contributed by atoms with Crippen LogP contribution in [-0.4, -0.2) is 33.4 Å². The molecule has 0 radical (unpaired) electrons. The lowest BCUT2D eigenvalue weighted by atomic mass is 10.2. The average molecular weight is 331 g/mol. The lowest BCUT2D eigenvalue weighted by Crippen LogP contribution is -2.28. The zero-order valence-corrected chi connectivity index (χ0v) is 11.3. The number of nitrogen functional groups attached to an aromatic ring is 1. The summed E-state index contributed by atoms with van der Waals surface area (Å²) in [5.74, 6) is 0.0884. The first-order valence-electron chi connectivity index (χ1n) is 5.41. The smallest absolute Gasteiger partial charge is 0.351 e. The van der Waals surface area contributed by atoms with Crippen molar-refractivity contribution in [3.8, 4) is 0 Å². The van der Waals surface area contributed by atoms with Gasteiger partial charge in [0.15, 0.2) is 0 Å². The fraction of sp³-hybridized carbons (Fsp3) is 0.556. The fourth-order valence-electron chi connectivity index (χ4n) is 1.83. The van der Waals surface area contributed by atoms with Crippen LogP contribution < -0.4 is 11.4 Å². The summed E-state index contributed by atoms with van der Waals surface area (Å²) < 4.78 is 7.18. The highest BCUT2D eigenvalue weighted by Gasteiger charge is 2.35. The number of anilines is 1. The van der Waals surface area contributed by atoms with E-state index in [0.717, 1.165) is 0 Å². The summed E-state index contributed by atoms with van der Waals surface area (Å²) in [5.41, 5.74) is 13.2. The van der Waals surface area contributed by atoms with E-state index in [4.69, 9.17) is 16.0 Å². The molecule has 1 fully saturated rings. The third kappa shape index (κ3) is 2.87. The molecule has 1 aromatic heterocycles. The van der Waals surface area contributed by atoms with Crippen LogP contribution in [0.5, 0.6) is 0 Å². The van der Waals surface area contributed by atoms with Gasteiger partial charge in [0.05, 0.1) is 23.2 Å². The molecule has 0 unspecified atom stereocenters. The van der Waals surface area contributed by atoms with Crippen molar-refractivity contribution in [2.75, 3.05) is 12.3 Å². The Morgan fingerprint density at radius 2 is 2.53 bits per heavy atom. The summed E-state index contributed by atoms with van der Waals surface area (Å²) in [4.78, 5) is 17.9. The van der Waals surface area contributed by atoms with Gasteiger partial charge in [-0.15, -0.1) is 0 Å². The number of hydrogen-bond donors (Lipinski definition) is 2. The Morgan fingerprint density at radius 1 is 1.79 bits per heavy atom. The maximum Gasteiger partial charge on any atom is 0.351 e. The standard InChI is InChI=1S/C9H11BrN6O3/c10-4-3-16(9(18)14-8(4)11)7-1-5(17)6(19-7)2-13-15-12/h3,5-7,17H,1-2H2,(H2,11,14,18)/t5-,6+,7+/m0/s1. The number of aromatic nitrogens is 2. The second-order valence-corrected chi connectivity index (χ2v) is 4.86. The Kier molecular flexibility index (Phi) is 4.05. The van der Waals surface area contributed by atoms with Crippen LogP contribution in [0.15, 0.2) is 20.6 Å². The molecule has 1 aliphatic heterocycles. The van der Waals surface area contributed by atoms with Gasteiger partial charge in [0.1, 0.15) is 12.0 Å². The van der Waals surface area contributed by atoms with E-state index in [9.17, 15) is 9.90 Å². The highest BCUT2D eigenvalue weighted by atomic mass is 79.9. The van der Waals surface area contributed by atoms with Crippen molar-refractivity contribution in [3.63, 3.8) is 0 Å². The Labute approximate surface area is 115 Å². The molecule has 2 rings (SSSR count). The SMILES string of the molecule is [N-]=[N+]=NC[C@H]1O[C@@H](n2cc(Br)c(N)nc2=O)C[C@@H]1O. The molecule has 102 valence electrons. The highest BCUT2D eigenvalue weighted by Crippen LogP contribution is 2.29. The molecule has 3 N–H and O–H groups in total. The molecule has 0 aliphatic carbocycles. The van der Waals surface area contributed by atoms with Gasteiger partial charge in [-0.1, -0.05) is 5.11 Å². The predicted octanol–water partition coefficient (Wildman–Crippen LogP) is 0.547. The van der Waals surface area contributed by atoms with Crippen LogP contribution >= 0.6 is 15.9 Å². The van der Waals surface area contributed by atoms with Gasteiger partial charge in [0, 0.05) is 17.5 Å². The lowest BCUT2D eigenvalue weighted by Gasteiger charge is -2.15. The van der Waals surface area contributed by atoms with E-state index in [1.54, 1.807) is 0 Å². The first kappa shape index (κ1) is 13.8. The number of nitrogens with two attached hydrogens (primary N) is 1. The van der Waals surface area contributed by atoms with E-state index in [2.05, 4.69) is 30.9 Å². The maximum absolute atomic E-state index is 11.7. The molecule has 1 saturated heterocycles. The second-order valence-electron chi connectivity index (χ2n) is 4.01. The lowest BCUT2D eigenvalue weighted by molar-refractivity contribution is -0.0150. The summed E-state index contributed by atoms with van der Waals surface area (Å²) in [7, 11) is 0. The van der Waals surface area contributed by atoms with Crippen LogP contribution in [0.4, 0.5) is 5.82 Å². The number of ether oxygens (including phenoxy) is 1. The molecular weight excluding hydrogens is 320 g/mol. The van der Waals surface area contributed by atoms with Crippen LogP contribution in [0.3, 0.4) is 0 Å².